The first-order valence-electron chi connectivity index (χ1n) is 13.3. The van der Waals surface area contributed by atoms with E-state index in [1.54, 1.807) is 0 Å². The van der Waals surface area contributed by atoms with Crippen molar-refractivity contribution in [2.45, 2.75) is 93.0 Å². The van der Waals surface area contributed by atoms with Crippen molar-refractivity contribution in [3.63, 3.8) is 0 Å². The molecule has 2 aliphatic heterocycles. The number of hydrogen-bond acceptors (Lipinski definition) is 3. The third-order valence-corrected chi connectivity index (χ3v) is 7.76. The van der Waals surface area contributed by atoms with Crippen LogP contribution in [0.25, 0.3) is 11.1 Å². The SMILES string of the molecule is Cc1ccc(-c2c(C)c3c(c(C)c2[C@H](OC(C)(C)C)C(=O)O)CN(C(=O)N2CCCC(C)(C)C2)C3)cc1. The molecule has 2 aromatic carbocycles. The minimum absolute atomic E-state index is 0.0712. The Morgan fingerprint density at radius 3 is 2.11 bits per heavy atom. The molecule has 0 aliphatic carbocycles. The predicted molar refractivity (Wildman–Crippen MR) is 147 cm³/mol. The summed E-state index contributed by atoms with van der Waals surface area (Å²) in [6.45, 7) is 18.7. The number of amides is 2. The summed E-state index contributed by atoms with van der Waals surface area (Å²) in [4.78, 5) is 30.2. The Kier molecular flexibility index (Phi) is 7.19. The summed E-state index contributed by atoms with van der Waals surface area (Å²) in [5.74, 6) is -1.01. The predicted octanol–water partition coefficient (Wildman–Crippen LogP) is 6.78. The number of rotatable bonds is 4. The van der Waals surface area contributed by atoms with Crippen LogP contribution in [0.5, 0.6) is 0 Å². The van der Waals surface area contributed by atoms with Gasteiger partial charge >= 0.3 is 12.0 Å². The fraction of sp³-hybridized carbons (Fsp3) is 0.548. The molecule has 2 aromatic rings. The number of piperidine rings is 1. The summed E-state index contributed by atoms with van der Waals surface area (Å²) in [7, 11) is 0. The molecule has 0 radical (unpaired) electrons. The van der Waals surface area contributed by atoms with E-state index >= 15 is 0 Å². The van der Waals surface area contributed by atoms with Gasteiger partial charge in [0.2, 0.25) is 0 Å². The van der Waals surface area contributed by atoms with Crippen LogP contribution < -0.4 is 0 Å². The van der Waals surface area contributed by atoms with Gasteiger partial charge in [0.15, 0.2) is 6.10 Å². The van der Waals surface area contributed by atoms with E-state index in [1.165, 1.54) is 0 Å². The molecule has 0 saturated carbocycles. The smallest absolute Gasteiger partial charge is 0.337 e. The lowest BCUT2D eigenvalue weighted by Crippen LogP contribution is -2.48. The number of carbonyl (C=O) groups excluding carboxylic acids is 1. The van der Waals surface area contributed by atoms with Crippen LogP contribution in [0.3, 0.4) is 0 Å². The van der Waals surface area contributed by atoms with Crippen molar-refractivity contribution >= 4 is 12.0 Å². The van der Waals surface area contributed by atoms with Crippen molar-refractivity contribution in [3.05, 3.63) is 57.6 Å². The Labute approximate surface area is 221 Å². The molecule has 1 N–H and O–H groups in total. The molecular formula is C31H42N2O4. The second-order valence-electron chi connectivity index (χ2n) is 12.6. The normalized spacial score (nSPS) is 18.1. The third kappa shape index (κ3) is 5.54. The highest BCUT2D eigenvalue weighted by Crippen LogP contribution is 2.44. The molecule has 0 spiro atoms. The highest BCUT2D eigenvalue weighted by molar-refractivity contribution is 5.85. The van der Waals surface area contributed by atoms with E-state index in [0.717, 1.165) is 64.9 Å². The molecule has 6 nitrogen and oxygen atoms in total. The summed E-state index contributed by atoms with van der Waals surface area (Å²) < 4.78 is 6.17. The van der Waals surface area contributed by atoms with Gasteiger partial charge in [-0.2, -0.15) is 0 Å². The number of likely N-dealkylation sites (tertiary alicyclic amines) is 1. The Morgan fingerprint density at radius 2 is 1.57 bits per heavy atom. The summed E-state index contributed by atoms with van der Waals surface area (Å²) in [6.07, 6.45) is 1.03. The zero-order chi connectivity index (χ0) is 27.3. The van der Waals surface area contributed by atoms with Crippen LogP contribution in [0.2, 0.25) is 0 Å². The second kappa shape index (κ2) is 9.79. The average molecular weight is 507 g/mol. The first-order valence-corrected chi connectivity index (χ1v) is 13.3. The van der Waals surface area contributed by atoms with E-state index in [0.29, 0.717) is 18.7 Å². The summed E-state index contributed by atoms with van der Waals surface area (Å²) >= 11 is 0. The van der Waals surface area contributed by atoms with E-state index in [2.05, 4.69) is 45.0 Å². The van der Waals surface area contributed by atoms with Gasteiger partial charge in [0.05, 0.1) is 5.60 Å². The van der Waals surface area contributed by atoms with Gasteiger partial charge in [-0.25, -0.2) is 9.59 Å². The number of nitrogens with zero attached hydrogens (tertiary/aromatic N) is 2. The third-order valence-electron chi connectivity index (χ3n) is 7.76. The van der Waals surface area contributed by atoms with Crippen molar-refractivity contribution in [1.29, 1.82) is 0 Å². The van der Waals surface area contributed by atoms with Crippen LogP contribution >= 0.6 is 0 Å². The van der Waals surface area contributed by atoms with Gasteiger partial charge in [0.25, 0.3) is 0 Å². The number of ether oxygens (including phenoxy) is 1. The molecular weight excluding hydrogens is 464 g/mol. The monoisotopic (exact) mass is 506 g/mol. The highest BCUT2D eigenvalue weighted by atomic mass is 16.5. The first kappa shape index (κ1) is 27.2. The lowest BCUT2D eigenvalue weighted by molar-refractivity contribution is -0.160. The fourth-order valence-electron chi connectivity index (χ4n) is 5.95. The van der Waals surface area contributed by atoms with Gasteiger partial charge in [0.1, 0.15) is 0 Å². The number of hydrogen-bond donors (Lipinski definition) is 1. The summed E-state index contributed by atoms with van der Waals surface area (Å²) in [5.41, 5.74) is 7.29. The first-order chi connectivity index (χ1) is 17.2. The van der Waals surface area contributed by atoms with E-state index in [-0.39, 0.29) is 11.4 Å². The molecule has 2 aliphatic rings. The molecule has 2 heterocycles. The molecule has 2 amide bonds. The number of fused-ring (bicyclic) bond motifs is 1. The molecule has 1 atom stereocenters. The molecule has 1 saturated heterocycles. The van der Waals surface area contributed by atoms with Crippen LogP contribution in [-0.4, -0.2) is 45.6 Å². The van der Waals surface area contributed by atoms with Gasteiger partial charge in [-0.1, -0.05) is 43.7 Å². The quantitative estimate of drug-likeness (QED) is 0.496. The molecule has 37 heavy (non-hydrogen) atoms. The van der Waals surface area contributed by atoms with E-state index in [4.69, 9.17) is 4.74 Å². The molecule has 4 rings (SSSR count). The zero-order valence-electron chi connectivity index (χ0n) is 23.7. The number of aliphatic carboxylic acids is 1. The zero-order valence-corrected chi connectivity index (χ0v) is 23.7. The van der Waals surface area contributed by atoms with Gasteiger partial charge in [-0.15, -0.1) is 0 Å². The Hall–Kier alpha value is -2.86. The van der Waals surface area contributed by atoms with Crippen molar-refractivity contribution in [2.24, 2.45) is 5.41 Å². The van der Waals surface area contributed by atoms with Gasteiger partial charge < -0.3 is 19.6 Å². The molecule has 0 bridgehead atoms. The van der Waals surface area contributed by atoms with Crippen LogP contribution in [0.15, 0.2) is 24.3 Å². The lowest BCUT2D eigenvalue weighted by atomic mass is 9.83. The minimum Gasteiger partial charge on any atom is -0.479 e. The van der Waals surface area contributed by atoms with Gasteiger partial charge in [-0.3, -0.25) is 0 Å². The molecule has 200 valence electrons. The van der Waals surface area contributed by atoms with Crippen LogP contribution in [-0.2, 0) is 22.6 Å². The Morgan fingerprint density at radius 1 is 0.973 bits per heavy atom. The van der Waals surface area contributed by atoms with E-state index < -0.39 is 17.7 Å². The number of carbonyl (C=O) groups is 2. The number of urea groups is 1. The molecule has 1 fully saturated rings. The van der Waals surface area contributed by atoms with Crippen molar-refractivity contribution < 1.29 is 19.4 Å². The van der Waals surface area contributed by atoms with E-state index in [1.807, 2.05) is 44.4 Å². The summed E-state index contributed by atoms with van der Waals surface area (Å²) in [6, 6.07) is 8.28. The second-order valence-corrected chi connectivity index (χ2v) is 12.6. The number of carboxylic acids is 1. The largest absolute Gasteiger partial charge is 0.479 e. The van der Waals surface area contributed by atoms with Gasteiger partial charge in [-0.05, 0) is 93.2 Å². The molecule has 0 aromatic heterocycles. The highest BCUT2D eigenvalue weighted by Gasteiger charge is 2.38. The summed E-state index contributed by atoms with van der Waals surface area (Å²) in [5, 5.41) is 10.3. The van der Waals surface area contributed by atoms with Crippen LogP contribution in [0.1, 0.15) is 86.9 Å². The number of aryl methyl sites for hydroxylation is 1. The number of carboxylic acid groups (broad SMARTS) is 1. The van der Waals surface area contributed by atoms with Crippen LogP contribution in [0, 0.1) is 26.2 Å². The van der Waals surface area contributed by atoms with Gasteiger partial charge in [0, 0.05) is 31.7 Å². The lowest BCUT2D eigenvalue weighted by Gasteiger charge is -2.39. The van der Waals surface area contributed by atoms with Crippen molar-refractivity contribution in [3.8, 4) is 11.1 Å². The molecule has 0 unspecified atom stereocenters. The fourth-order valence-corrected chi connectivity index (χ4v) is 5.95. The maximum absolute atomic E-state index is 13.6. The van der Waals surface area contributed by atoms with Crippen LogP contribution in [0.4, 0.5) is 4.79 Å². The topological polar surface area (TPSA) is 70.1 Å². The Balaban J connectivity index is 1.83. The van der Waals surface area contributed by atoms with Crippen molar-refractivity contribution in [1.82, 2.24) is 9.80 Å². The Bertz CT molecular complexity index is 1210. The standard InChI is InChI=1S/C31H42N2O4/c1-19-10-12-22(13-11-19)25-20(2)23-16-33(29(36)32-15-9-14-31(7,8)18-32)17-24(23)21(3)26(25)27(28(34)35)37-30(4,5)6/h10-13,27H,9,14-18H2,1-8H3,(H,34,35)/t27-/m0/s1. The average Bonchev–Trinajstić information content (AvgIpc) is 3.25. The molecule has 6 heteroatoms. The minimum atomic E-state index is -1.12. The maximum atomic E-state index is 13.6. The maximum Gasteiger partial charge on any atom is 0.337 e. The van der Waals surface area contributed by atoms with E-state index in [9.17, 15) is 14.7 Å². The van der Waals surface area contributed by atoms with Crippen molar-refractivity contribution in [2.75, 3.05) is 13.1 Å². The number of benzene rings is 2.